The molecule has 0 spiro atoms. The molecule has 10 aromatic carbocycles. The second-order valence-electron chi connectivity index (χ2n) is 18.3. The van der Waals surface area contributed by atoms with E-state index in [1.54, 1.807) is 0 Å². The molecule has 334 valence electrons. The maximum absolute atomic E-state index is 6.97. The Kier molecular flexibility index (Phi) is 9.52. The van der Waals surface area contributed by atoms with Crippen molar-refractivity contribution in [2.24, 2.45) is 0 Å². The van der Waals surface area contributed by atoms with Crippen LogP contribution in [-0.2, 0) is 0 Å². The first-order valence-electron chi connectivity index (χ1n) is 24.2. The monoisotopic (exact) mass is 908 g/mol. The molecule has 1 aliphatic heterocycles. The zero-order chi connectivity index (χ0) is 46.8. The number of para-hydroxylation sites is 2. The Morgan fingerprint density at radius 3 is 1.59 bits per heavy atom. The molecule has 3 aromatic heterocycles. The third-order valence-corrected chi connectivity index (χ3v) is 14.3. The van der Waals surface area contributed by atoms with Gasteiger partial charge in [0, 0.05) is 56.7 Å². The van der Waals surface area contributed by atoms with Gasteiger partial charge in [-0.15, -0.1) is 0 Å². The van der Waals surface area contributed by atoms with Crippen LogP contribution in [0.1, 0.15) is 0 Å². The predicted octanol–water partition coefficient (Wildman–Crippen LogP) is 17.7. The summed E-state index contributed by atoms with van der Waals surface area (Å²) in [6.07, 6.45) is 1.90. The van der Waals surface area contributed by atoms with Crippen LogP contribution in [0.4, 0.5) is 22.7 Å². The van der Waals surface area contributed by atoms with Gasteiger partial charge in [-0.3, -0.25) is 4.40 Å². The van der Waals surface area contributed by atoms with Gasteiger partial charge in [0.25, 0.3) is 0 Å². The number of aromatic nitrogens is 2. The molecule has 1 aliphatic rings. The largest absolute Gasteiger partial charge is 0.457 e. The van der Waals surface area contributed by atoms with Crippen molar-refractivity contribution in [2.45, 2.75) is 0 Å². The zero-order valence-electron chi connectivity index (χ0n) is 38.7. The van der Waals surface area contributed by atoms with E-state index in [0.29, 0.717) is 6.67 Å². The average Bonchev–Trinajstić information content (AvgIpc) is 4.00. The molecular formula is C66H44N4O. The lowest BCUT2D eigenvalue weighted by molar-refractivity contribution is 0.483. The van der Waals surface area contributed by atoms with Crippen LogP contribution in [0.5, 0.6) is 11.5 Å². The Hall–Kier alpha value is -9.45. The van der Waals surface area contributed by atoms with Gasteiger partial charge in [0.2, 0.25) is 0 Å². The summed E-state index contributed by atoms with van der Waals surface area (Å²) in [5.41, 5.74) is 14.5. The lowest BCUT2D eigenvalue weighted by atomic mass is 9.94. The summed E-state index contributed by atoms with van der Waals surface area (Å²) in [6.45, 7) is 0.591. The van der Waals surface area contributed by atoms with E-state index in [2.05, 4.69) is 257 Å². The number of ether oxygens (including phenoxy) is 1. The van der Waals surface area contributed by atoms with Crippen molar-refractivity contribution in [1.29, 1.82) is 0 Å². The number of pyridine rings is 1. The van der Waals surface area contributed by atoms with E-state index >= 15 is 0 Å². The van der Waals surface area contributed by atoms with Crippen molar-refractivity contribution < 1.29 is 4.74 Å². The topological polar surface area (TPSA) is 33.0 Å². The number of rotatable bonds is 7. The minimum absolute atomic E-state index is 0.591. The van der Waals surface area contributed by atoms with Crippen LogP contribution < -0.4 is 14.5 Å². The number of nitrogens with zero attached hydrogens (tertiary/aromatic N) is 4. The smallest absolute Gasteiger partial charge is 0.145 e. The standard InChI is InChI=1S/C66H44N4O/c1-4-18-44(19-5-1)47-35-38-61-63(40-47)69(64-51(45-20-6-2-7-21-45)30-15-31-52(64)46-22-8-3-9-23-46)43-68(61)48-24-14-25-49(41-48)71-50-36-37-57-59-33-16-32-58-55-28-12-10-26-53(55)54-27-11-13-29-56(54)60-34-17-39-67-66(60)70(65(58)59)62(57)42-50/h1-42H,43H2. The molecule has 0 saturated carbocycles. The molecule has 0 amide bonds. The first-order chi connectivity index (χ1) is 35.2. The van der Waals surface area contributed by atoms with Gasteiger partial charge in [0.05, 0.1) is 28.1 Å². The third kappa shape index (κ3) is 6.74. The molecule has 71 heavy (non-hydrogen) atoms. The summed E-state index contributed by atoms with van der Waals surface area (Å²) < 4.78 is 9.32. The Balaban J connectivity index is 0.922. The lowest BCUT2D eigenvalue weighted by Crippen LogP contribution is -2.25. The van der Waals surface area contributed by atoms with Gasteiger partial charge in [-0.25, -0.2) is 4.98 Å². The molecule has 0 bridgehead atoms. The van der Waals surface area contributed by atoms with E-state index in [9.17, 15) is 0 Å². The fourth-order valence-corrected chi connectivity index (χ4v) is 11.1. The summed E-state index contributed by atoms with van der Waals surface area (Å²) in [5.74, 6) is 1.49. The van der Waals surface area contributed by atoms with Crippen molar-refractivity contribution in [2.75, 3.05) is 16.5 Å². The van der Waals surface area contributed by atoms with Crippen LogP contribution >= 0.6 is 0 Å². The van der Waals surface area contributed by atoms with Crippen molar-refractivity contribution >= 4 is 82.5 Å². The first-order valence-corrected chi connectivity index (χ1v) is 24.2. The lowest BCUT2D eigenvalue weighted by Gasteiger charge is -2.27. The van der Waals surface area contributed by atoms with Crippen LogP contribution in [0.15, 0.2) is 255 Å². The Morgan fingerprint density at radius 2 is 0.901 bits per heavy atom. The quantitative estimate of drug-likeness (QED) is 0.160. The van der Waals surface area contributed by atoms with Gasteiger partial charge in [0.1, 0.15) is 23.8 Å². The third-order valence-electron chi connectivity index (χ3n) is 14.3. The van der Waals surface area contributed by atoms with Gasteiger partial charge in [-0.05, 0) is 92.3 Å². The van der Waals surface area contributed by atoms with Crippen LogP contribution in [0.2, 0.25) is 0 Å². The number of fused-ring (bicyclic) bond motifs is 11. The van der Waals surface area contributed by atoms with Crippen LogP contribution in [0.3, 0.4) is 0 Å². The maximum Gasteiger partial charge on any atom is 0.145 e. The van der Waals surface area contributed by atoms with Gasteiger partial charge in [0.15, 0.2) is 0 Å². The summed E-state index contributed by atoms with van der Waals surface area (Å²) in [4.78, 5) is 10.1. The maximum atomic E-state index is 6.97. The molecule has 0 fully saturated rings. The van der Waals surface area contributed by atoms with Crippen molar-refractivity contribution in [3.05, 3.63) is 255 Å². The van der Waals surface area contributed by atoms with Crippen LogP contribution in [0.25, 0.3) is 93.2 Å². The second-order valence-corrected chi connectivity index (χ2v) is 18.3. The molecule has 14 rings (SSSR count). The van der Waals surface area contributed by atoms with Crippen LogP contribution in [0, 0.1) is 0 Å². The molecule has 0 unspecified atom stereocenters. The minimum Gasteiger partial charge on any atom is -0.457 e. The number of anilines is 4. The molecule has 0 aliphatic carbocycles. The number of hydrogen-bond acceptors (Lipinski definition) is 4. The fraction of sp³-hybridized carbons (Fsp3) is 0.0152. The molecule has 5 heteroatoms. The Labute approximate surface area is 411 Å². The highest BCUT2D eigenvalue weighted by Gasteiger charge is 2.32. The van der Waals surface area contributed by atoms with E-state index in [1.807, 2.05) is 12.3 Å². The molecule has 13 aromatic rings. The van der Waals surface area contributed by atoms with Gasteiger partial charge < -0.3 is 14.5 Å². The first kappa shape index (κ1) is 40.6. The molecular weight excluding hydrogens is 865 g/mol. The summed E-state index contributed by atoms with van der Waals surface area (Å²) in [7, 11) is 0. The summed E-state index contributed by atoms with van der Waals surface area (Å²) in [6, 6.07) is 89.1. The molecule has 0 saturated heterocycles. The highest BCUT2D eigenvalue weighted by atomic mass is 16.5. The van der Waals surface area contributed by atoms with Crippen LogP contribution in [-0.4, -0.2) is 16.1 Å². The van der Waals surface area contributed by atoms with Crippen molar-refractivity contribution in [1.82, 2.24) is 9.38 Å². The average molecular weight is 909 g/mol. The number of benzene rings is 10. The van der Waals surface area contributed by atoms with Gasteiger partial charge in [-0.1, -0.05) is 188 Å². The highest BCUT2D eigenvalue weighted by molar-refractivity contribution is 6.24. The summed E-state index contributed by atoms with van der Waals surface area (Å²) in [5, 5.41) is 9.26. The van der Waals surface area contributed by atoms with Crippen molar-refractivity contribution in [3.8, 4) is 44.9 Å². The SMILES string of the molecule is c1ccc(-c2ccc3c(c2)N(c2c(-c4ccccc4)cccc2-c2ccccc2)CN3c2cccc(Oc3ccc4c5cccc6c7ccccc7c7ccccc7c7cccnc7n(c4c3)c65)c2)cc1. The van der Waals surface area contributed by atoms with E-state index in [-0.39, 0.29) is 0 Å². The Morgan fingerprint density at radius 1 is 0.352 bits per heavy atom. The zero-order valence-corrected chi connectivity index (χ0v) is 38.7. The Bertz CT molecular complexity index is 4190. The van der Waals surface area contributed by atoms with Crippen molar-refractivity contribution in [3.63, 3.8) is 0 Å². The van der Waals surface area contributed by atoms with Gasteiger partial charge >= 0.3 is 0 Å². The molecule has 0 radical (unpaired) electrons. The van der Waals surface area contributed by atoms with E-state index in [4.69, 9.17) is 9.72 Å². The normalized spacial score (nSPS) is 12.4. The molecule has 0 N–H and O–H groups in total. The predicted molar refractivity (Wildman–Crippen MR) is 296 cm³/mol. The second kappa shape index (κ2) is 16.7. The summed E-state index contributed by atoms with van der Waals surface area (Å²) >= 11 is 0. The van der Waals surface area contributed by atoms with E-state index < -0.39 is 0 Å². The van der Waals surface area contributed by atoms with E-state index in [0.717, 1.165) is 72.5 Å². The molecule has 5 nitrogen and oxygen atoms in total. The van der Waals surface area contributed by atoms with E-state index in [1.165, 1.54) is 54.9 Å². The highest BCUT2D eigenvalue weighted by Crippen LogP contribution is 2.51. The number of hydrogen-bond donors (Lipinski definition) is 0. The minimum atomic E-state index is 0.591. The molecule has 4 heterocycles. The molecule has 0 atom stereocenters. The fourth-order valence-electron chi connectivity index (χ4n) is 11.1. The van der Waals surface area contributed by atoms with Gasteiger partial charge in [-0.2, -0.15) is 0 Å².